The molecule has 1 aliphatic rings. The van der Waals surface area contributed by atoms with E-state index in [1.165, 1.54) is 5.57 Å². The molecule has 2 heteroatoms. The fourth-order valence-electron chi connectivity index (χ4n) is 1.39. The molecule has 11 heavy (non-hydrogen) atoms. The van der Waals surface area contributed by atoms with Gasteiger partial charge < -0.3 is 4.90 Å². The van der Waals surface area contributed by atoms with E-state index in [-0.39, 0.29) is 0 Å². The average Bonchev–Trinajstić information content (AvgIpc) is 2.07. The van der Waals surface area contributed by atoms with E-state index in [0.717, 1.165) is 32.5 Å². The van der Waals surface area contributed by atoms with E-state index in [1.54, 1.807) is 6.08 Å². The van der Waals surface area contributed by atoms with Crippen LogP contribution in [0.4, 0.5) is 0 Å². The highest BCUT2D eigenvalue weighted by Gasteiger charge is 2.10. The lowest BCUT2D eigenvalue weighted by Gasteiger charge is -2.26. The minimum absolute atomic E-state index is 1.08. The number of hydrogen-bond donors (Lipinski definition) is 0. The molecule has 1 saturated heterocycles. The van der Waals surface area contributed by atoms with Crippen molar-refractivity contribution in [3.8, 4) is 6.07 Å². The molecule has 1 rings (SSSR count). The van der Waals surface area contributed by atoms with Gasteiger partial charge in [-0.1, -0.05) is 12.5 Å². The molecule has 0 aromatic carbocycles. The Morgan fingerprint density at radius 3 is 2.64 bits per heavy atom. The first-order chi connectivity index (χ1) is 5.36. The van der Waals surface area contributed by atoms with E-state index in [9.17, 15) is 0 Å². The Labute approximate surface area is 68.1 Å². The van der Waals surface area contributed by atoms with Gasteiger partial charge in [0.15, 0.2) is 0 Å². The third-order valence-electron chi connectivity index (χ3n) is 2.21. The lowest BCUT2D eigenvalue weighted by Crippen LogP contribution is -2.30. The minimum atomic E-state index is 1.08. The molecule has 0 unspecified atom stereocenters. The predicted molar refractivity (Wildman–Crippen MR) is 45.0 cm³/mol. The van der Waals surface area contributed by atoms with Crippen molar-refractivity contribution >= 4 is 0 Å². The summed E-state index contributed by atoms with van der Waals surface area (Å²) in [6, 6.07) is 2.09. The van der Waals surface area contributed by atoms with Crippen LogP contribution in [0.25, 0.3) is 0 Å². The first kappa shape index (κ1) is 8.29. The molecule has 0 spiro atoms. The van der Waals surface area contributed by atoms with Crippen molar-refractivity contribution in [3.63, 3.8) is 0 Å². The van der Waals surface area contributed by atoms with E-state index in [2.05, 4.69) is 17.9 Å². The van der Waals surface area contributed by atoms with Crippen molar-refractivity contribution in [1.82, 2.24) is 4.90 Å². The molecule has 1 aliphatic heterocycles. The Bertz CT molecular complexity index is 178. The Balaban J connectivity index is 2.37. The van der Waals surface area contributed by atoms with Gasteiger partial charge in [0.2, 0.25) is 0 Å². The fourth-order valence-corrected chi connectivity index (χ4v) is 1.39. The monoisotopic (exact) mass is 150 g/mol. The highest BCUT2D eigenvalue weighted by Crippen LogP contribution is 2.14. The van der Waals surface area contributed by atoms with Crippen LogP contribution in [0.15, 0.2) is 11.6 Å². The molecule has 0 bridgehead atoms. The molecule has 0 atom stereocenters. The number of rotatable bonds is 1. The molecule has 0 aromatic heterocycles. The Morgan fingerprint density at radius 1 is 1.55 bits per heavy atom. The van der Waals surface area contributed by atoms with Crippen molar-refractivity contribution in [3.05, 3.63) is 11.6 Å². The predicted octanol–water partition coefficient (Wildman–Crippen LogP) is 1.55. The summed E-state index contributed by atoms with van der Waals surface area (Å²) in [5.41, 5.74) is 1.32. The molecule has 1 fully saturated rings. The number of allylic oxidation sites excluding steroid dienone is 1. The van der Waals surface area contributed by atoms with Crippen LogP contribution in [-0.2, 0) is 0 Å². The molecule has 0 aromatic rings. The summed E-state index contributed by atoms with van der Waals surface area (Å²) >= 11 is 0. The topological polar surface area (TPSA) is 27.0 Å². The Kier molecular flexibility index (Phi) is 3.13. The van der Waals surface area contributed by atoms with Gasteiger partial charge in [-0.25, -0.2) is 0 Å². The zero-order valence-corrected chi connectivity index (χ0v) is 7.01. The zero-order valence-electron chi connectivity index (χ0n) is 7.01. The third-order valence-corrected chi connectivity index (χ3v) is 2.21. The standard InChI is InChI=1S/C9H14N2/c1-2-11-7-4-9(3-6-10)5-8-11/h3H,2,4-5,7-8H2,1H3. The number of nitrogens with zero attached hydrogens (tertiary/aromatic N) is 2. The second-order valence-corrected chi connectivity index (χ2v) is 2.87. The molecular weight excluding hydrogens is 136 g/mol. The van der Waals surface area contributed by atoms with Gasteiger partial charge in [-0.2, -0.15) is 5.26 Å². The zero-order chi connectivity index (χ0) is 8.10. The van der Waals surface area contributed by atoms with Crippen LogP contribution in [-0.4, -0.2) is 24.5 Å². The van der Waals surface area contributed by atoms with Crippen molar-refractivity contribution in [1.29, 1.82) is 5.26 Å². The quantitative estimate of drug-likeness (QED) is 0.530. The Morgan fingerprint density at radius 2 is 2.18 bits per heavy atom. The fraction of sp³-hybridized carbons (Fsp3) is 0.667. The maximum absolute atomic E-state index is 8.40. The summed E-state index contributed by atoms with van der Waals surface area (Å²) in [6.45, 7) is 5.58. The van der Waals surface area contributed by atoms with Crippen molar-refractivity contribution < 1.29 is 0 Å². The molecule has 0 radical (unpaired) electrons. The third kappa shape index (κ3) is 2.36. The highest BCUT2D eigenvalue weighted by atomic mass is 15.1. The molecule has 0 aliphatic carbocycles. The second-order valence-electron chi connectivity index (χ2n) is 2.87. The largest absolute Gasteiger partial charge is 0.303 e. The smallest absolute Gasteiger partial charge is 0.0911 e. The van der Waals surface area contributed by atoms with Gasteiger partial charge in [-0.15, -0.1) is 0 Å². The minimum Gasteiger partial charge on any atom is -0.303 e. The maximum atomic E-state index is 8.40. The maximum Gasteiger partial charge on any atom is 0.0911 e. The van der Waals surface area contributed by atoms with Gasteiger partial charge in [0, 0.05) is 19.2 Å². The molecule has 2 nitrogen and oxygen atoms in total. The second kappa shape index (κ2) is 4.15. The first-order valence-corrected chi connectivity index (χ1v) is 4.16. The molecule has 0 saturated carbocycles. The van der Waals surface area contributed by atoms with Crippen LogP contribution in [0.2, 0.25) is 0 Å². The van der Waals surface area contributed by atoms with Crippen molar-refractivity contribution in [2.45, 2.75) is 19.8 Å². The van der Waals surface area contributed by atoms with Crippen LogP contribution in [0, 0.1) is 11.3 Å². The summed E-state index contributed by atoms with van der Waals surface area (Å²) in [5, 5.41) is 8.40. The van der Waals surface area contributed by atoms with Crippen LogP contribution in [0.3, 0.4) is 0 Å². The first-order valence-electron chi connectivity index (χ1n) is 4.16. The van der Waals surface area contributed by atoms with E-state index in [0.29, 0.717) is 0 Å². The Hall–Kier alpha value is -0.810. The summed E-state index contributed by atoms with van der Waals surface area (Å²) in [5.74, 6) is 0. The number of piperidine rings is 1. The summed E-state index contributed by atoms with van der Waals surface area (Å²) in [7, 11) is 0. The van der Waals surface area contributed by atoms with Gasteiger partial charge in [-0.3, -0.25) is 0 Å². The molecular formula is C9H14N2. The molecule has 60 valence electrons. The van der Waals surface area contributed by atoms with E-state index in [4.69, 9.17) is 5.26 Å². The number of nitriles is 1. The number of hydrogen-bond acceptors (Lipinski definition) is 2. The molecule has 1 heterocycles. The van der Waals surface area contributed by atoms with E-state index < -0.39 is 0 Å². The molecule has 0 N–H and O–H groups in total. The van der Waals surface area contributed by atoms with Gasteiger partial charge >= 0.3 is 0 Å². The number of likely N-dealkylation sites (tertiary alicyclic amines) is 1. The summed E-state index contributed by atoms with van der Waals surface area (Å²) in [4.78, 5) is 2.41. The van der Waals surface area contributed by atoms with Crippen LogP contribution >= 0.6 is 0 Å². The van der Waals surface area contributed by atoms with Crippen LogP contribution in [0.5, 0.6) is 0 Å². The SMILES string of the molecule is CCN1CCC(=CC#N)CC1. The van der Waals surface area contributed by atoms with E-state index >= 15 is 0 Å². The summed E-state index contributed by atoms with van der Waals surface area (Å²) < 4.78 is 0. The van der Waals surface area contributed by atoms with Crippen molar-refractivity contribution in [2.24, 2.45) is 0 Å². The van der Waals surface area contributed by atoms with Gasteiger partial charge in [0.1, 0.15) is 0 Å². The van der Waals surface area contributed by atoms with Gasteiger partial charge in [0.05, 0.1) is 6.07 Å². The average molecular weight is 150 g/mol. The normalized spacial score (nSPS) is 19.5. The lowest BCUT2D eigenvalue weighted by molar-refractivity contribution is 0.270. The van der Waals surface area contributed by atoms with Crippen molar-refractivity contribution in [2.75, 3.05) is 19.6 Å². The summed E-state index contributed by atoms with van der Waals surface area (Å²) in [6.07, 6.45) is 3.87. The highest BCUT2D eigenvalue weighted by molar-refractivity contribution is 5.15. The molecule has 0 amide bonds. The van der Waals surface area contributed by atoms with Gasteiger partial charge in [-0.05, 0) is 19.4 Å². The van der Waals surface area contributed by atoms with Crippen LogP contribution < -0.4 is 0 Å². The lowest BCUT2D eigenvalue weighted by atomic mass is 10.0. The van der Waals surface area contributed by atoms with Gasteiger partial charge in [0.25, 0.3) is 0 Å². The van der Waals surface area contributed by atoms with E-state index in [1.807, 2.05) is 0 Å². The van der Waals surface area contributed by atoms with Crippen LogP contribution in [0.1, 0.15) is 19.8 Å².